The smallest absolute Gasteiger partial charge is 0.325 e. The summed E-state index contributed by atoms with van der Waals surface area (Å²) in [4.78, 5) is 55.9. The lowest BCUT2D eigenvalue weighted by atomic mass is 9.93. The van der Waals surface area contributed by atoms with E-state index in [1.807, 2.05) is 54.6 Å². The first-order valence-corrected chi connectivity index (χ1v) is 11.6. The maximum Gasteiger partial charge on any atom is 0.325 e. The first-order valence-electron chi connectivity index (χ1n) is 11.6. The topological polar surface area (TPSA) is 84.0 Å². The lowest BCUT2D eigenvalue weighted by molar-refractivity contribution is -0.151. The molecule has 0 aliphatic carbocycles. The molecule has 0 fully saturated rings. The SMILES string of the molecule is CCOC(=O)CN1C(=O)[C@@H](N2C(=O)c3ccccc3C2=O)Cc2ccccc2[C@H]1c1ccccc1. The van der Waals surface area contributed by atoms with E-state index in [0.29, 0.717) is 0 Å². The Morgan fingerprint density at radius 1 is 0.857 bits per heavy atom. The van der Waals surface area contributed by atoms with Gasteiger partial charge in [-0.2, -0.15) is 0 Å². The molecule has 0 saturated carbocycles. The van der Waals surface area contributed by atoms with E-state index in [-0.39, 0.29) is 30.7 Å². The van der Waals surface area contributed by atoms with Gasteiger partial charge >= 0.3 is 5.97 Å². The van der Waals surface area contributed by atoms with Crippen LogP contribution >= 0.6 is 0 Å². The van der Waals surface area contributed by atoms with Crippen molar-refractivity contribution in [1.82, 2.24) is 9.80 Å². The van der Waals surface area contributed by atoms with Gasteiger partial charge in [-0.25, -0.2) is 0 Å². The van der Waals surface area contributed by atoms with Crippen LogP contribution in [0.15, 0.2) is 78.9 Å². The number of carbonyl (C=O) groups is 4. The number of carbonyl (C=O) groups excluding carboxylic acids is 4. The van der Waals surface area contributed by atoms with Gasteiger partial charge in [-0.1, -0.05) is 66.7 Å². The predicted molar refractivity (Wildman–Crippen MR) is 128 cm³/mol. The summed E-state index contributed by atoms with van der Waals surface area (Å²) in [5.74, 6) is -2.04. The molecule has 0 radical (unpaired) electrons. The minimum absolute atomic E-state index is 0.156. The Bertz CT molecular complexity index is 1280. The number of ether oxygens (including phenoxy) is 1. The quantitative estimate of drug-likeness (QED) is 0.423. The largest absolute Gasteiger partial charge is 0.465 e. The van der Waals surface area contributed by atoms with Crippen molar-refractivity contribution in [3.63, 3.8) is 0 Å². The van der Waals surface area contributed by atoms with E-state index in [9.17, 15) is 19.2 Å². The average Bonchev–Trinajstić information content (AvgIpc) is 3.06. The van der Waals surface area contributed by atoms with Crippen molar-refractivity contribution in [3.8, 4) is 0 Å². The highest BCUT2D eigenvalue weighted by Crippen LogP contribution is 2.37. The molecular weight excluding hydrogens is 444 g/mol. The number of fused-ring (bicyclic) bond motifs is 2. The zero-order chi connectivity index (χ0) is 24.5. The van der Waals surface area contributed by atoms with Crippen molar-refractivity contribution >= 4 is 23.7 Å². The third kappa shape index (κ3) is 3.89. The molecule has 7 nitrogen and oxygen atoms in total. The van der Waals surface area contributed by atoms with Crippen molar-refractivity contribution in [2.45, 2.75) is 25.4 Å². The van der Waals surface area contributed by atoms with E-state index in [1.165, 1.54) is 4.90 Å². The molecule has 35 heavy (non-hydrogen) atoms. The number of esters is 1. The maximum atomic E-state index is 14.1. The monoisotopic (exact) mass is 468 g/mol. The van der Waals surface area contributed by atoms with Crippen LogP contribution in [-0.4, -0.2) is 52.7 Å². The average molecular weight is 469 g/mol. The molecule has 0 N–H and O–H groups in total. The van der Waals surface area contributed by atoms with E-state index in [0.717, 1.165) is 21.6 Å². The van der Waals surface area contributed by atoms with Gasteiger partial charge in [0.1, 0.15) is 12.6 Å². The van der Waals surface area contributed by atoms with Crippen molar-refractivity contribution in [3.05, 3.63) is 107 Å². The summed E-state index contributed by atoms with van der Waals surface area (Å²) in [7, 11) is 0. The Hall–Kier alpha value is -4.26. The van der Waals surface area contributed by atoms with E-state index in [1.54, 1.807) is 31.2 Å². The van der Waals surface area contributed by atoms with Crippen LogP contribution < -0.4 is 0 Å². The molecule has 0 unspecified atom stereocenters. The first kappa shape index (κ1) is 22.5. The van der Waals surface area contributed by atoms with Gasteiger partial charge < -0.3 is 9.64 Å². The number of nitrogens with zero attached hydrogens (tertiary/aromatic N) is 2. The van der Waals surface area contributed by atoms with Gasteiger partial charge in [-0.3, -0.25) is 24.1 Å². The number of amides is 3. The number of hydrogen-bond acceptors (Lipinski definition) is 5. The summed E-state index contributed by atoms with van der Waals surface area (Å²) in [5, 5.41) is 0. The molecule has 0 bridgehead atoms. The van der Waals surface area contributed by atoms with Gasteiger partial charge in [0.25, 0.3) is 11.8 Å². The fourth-order valence-corrected chi connectivity index (χ4v) is 4.97. The maximum absolute atomic E-state index is 14.1. The van der Waals surface area contributed by atoms with Crippen molar-refractivity contribution < 1.29 is 23.9 Å². The highest BCUT2D eigenvalue weighted by atomic mass is 16.5. The zero-order valence-corrected chi connectivity index (χ0v) is 19.2. The van der Waals surface area contributed by atoms with E-state index in [2.05, 4.69) is 0 Å². The molecule has 3 aromatic rings. The fraction of sp³-hybridized carbons (Fsp3) is 0.214. The highest BCUT2D eigenvalue weighted by Gasteiger charge is 2.47. The van der Waals surface area contributed by atoms with Crippen molar-refractivity contribution in [2.75, 3.05) is 13.2 Å². The zero-order valence-electron chi connectivity index (χ0n) is 19.2. The molecule has 2 atom stereocenters. The molecule has 176 valence electrons. The summed E-state index contributed by atoms with van der Waals surface area (Å²) in [6, 6.07) is 21.9. The van der Waals surface area contributed by atoms with Crippen LogP contribution in [0.4, 0.5) is 0 Å². The summed E-state index contributed by atoms with van der Waals surface area (Å²) in [6.07, 6.45) is 0.156. The molecule has 5 rings (SSSR count). The number of benzene rings is 3. The second kappa shape index (κ2) is 9.18. The van der Waals surface area contributed by atoms with Gasteiger partial charge in [-0.05, 0) is 35.7 Å². The summed E-state index contributed by atoms with van der Waals surface area (Å²) >= 11 is 0. The molecule has 2 aliphatic rings. The minimum Gasteiger partial charge on any atom is -0.465 e. The standard InChI is InChI=1S/C28H24N2O5/c1-2-35-24(31)17-29-25(18-10-4-3-5-11-18)20-13-7-6-12-19(20)16-23(28(29)34)30-26(32)21-14-8-9-15-22(21)27(30)33/h3-15,23,25H,2,16-17H2,1H3/t23-,25+/m0/s1. The van der Waals surface area contributed by atoms with Crippen molar-refractivity contribution in [2.24, 2.45) is 0 Å². The third-order valence-electron chi connectivity index (χ3n) is 6.50. The number of imide groups is 1. The van der Waals surface area contributed by atoms with Crippen LogP contribution in [0.5, 0.6) is 0 Å². The molecular formula is C28H24N2O5. The van der Waals surface area contributed by atoms with Gasteiger partial charge in [0.15, 0.2) is 0 Å². The molecule has 7 heteroatoms. The molecule has 2 heterocycles. The minimum atomic E-state index is -1.09. The number of hydrogen-bond donors (Lipinski definition) is 0. The van der Waals surface area contributed by atoms with Crippen molar-refractivity contribution in [1.29, 1.82) is 0 Å². The predicted octanol–water partition coefficient (Wildman–Crippen LogP) is 3.39. The highest BCUT2D eigenvalue weighted by molar-refractivity contribution is 6.23. The molecule has 0 aromatic heterocycles. The lowest BCUT2D eigenvalue weighted by Gasteiger charge is -2.33. The Balaban J connectivity index is 1.65. The molecule has 0 spiro atoms. The van der Waals surface area contributed by atoms with Crippen LogP contribution in [0, 0.1) is 0 Å². The van der Waals surface area contributed by atoms with Gasteiger partial charge in [0.05, 0.1) is 23.8 Å². The molecule has 2 aliphatic heterocycles. The molecule has 3 amide bonds. The van der Waals surface area contributed by atoms with Crippen LogP contribution in [-0.2, 0) is 20.7 Å². The lowest BCUT2D eigenvalue weighted by Crippen LogP contribution is -2.52. The van der Waals surface area contributed by atoms with Crippen LogP contribution in [0.2, 0.25) is 0 Å². The first-order chi connectivity index (χ1) is 17.0. The van der Waals surface area contributed by atoms with Crippen LogP contribution in [0.3, 0.4) is 0 Å². The van der Waals surface area contributed by atoms with Crippen LogP contribution in [0.25, 0.3) is 0 Å². The van der Waals surface area contributed by atoms with E-state index < -0.39 is 35.8 Å². The second-order valence-corrected chi connectivity index (χ2v) is 8.53. The second-order valence-electron chi connectivity index (χ2n) is 8.53. The van der Waals surface area contributed by atoms with E-state index in [4.69, 9.17) is 4.74 Å². The Morgan fingerprint density at radius 3 is 2.11 bits per heavy atom. The van der Waals surface area contributed by atoms with Crippen LogP contribution in [0.1, 0.15) is 50.4 Å². The van der Waals surface area contributed by atoms with Gasteiger partial charge in [0.2, 0.25) is 5.91 Å². The number of rotatable bonds is 5. The summed E-state index contributed by atoms with van der Waals surface area (Å²) in [6.45, 7) is 1.57. The Labute approximate surface area is 202 Å². The van der Waals surface area contributed by atoms with Gasteiger partial charge in [0, 0.05) is 6.42 Å². The molecule has 0 saturated heterocycles. The van der Waals surface area contributed by atoms with Gasteiger partial charge in [-0.15, -0.1) is 0 Å². The molecule has 3 aromatic carbocycles. The normalized spacial score (nSPS) is 19.3. The Kier molecular flexibility index (Phi) is 5.91. The fourth-order valence-electron chi connectivity index (χ4n) is 4.97. The summed E-state index contributed by atoms with van der Waals surface area (Å²) in [5.41, 5.74) is 3.05. The van der Waals surface area contributed by atoms with E-state index >= 15 is 0 Å². The third-order valence-corrected chi connectivity index (χ3v) is 6.50. The Morgan fingerprint density at radius 2 is 1.46 bits per heavy atom. The summed E-state index contributed by atoms with van der Waals surface area (Å²) < 4.78 is 5.18.